The van der Waals surface area contributed by atoms with Crippen LogP contribution in [0.2, 0.25) is 0 Å². The van der Waals surface area contributed by atoms with E-state index in [-0.39, 0.29) is 0 Å². The van der Waals surface area contributed by atoms with E-state index in [1.807, 2.05) is 11.7 Å². The maximum Gasteiger partial charge on any atom is 0.0794 e. The van der Waals surface area contributed by atoms with Gasteiger partial charge in [0.25, 0.3) is 0 Å². The molecule has 2 N–H and O–H groups in total. The van der Waals surface area contributed by atoms with E-state index in [1.165, 1.54) is 29.3 Å². The largest absolute Gasteiger partial charge is 0.312 e. The van der Waals surface area contributed by atoms with E-state index in [0.29, 0.717) is 6.04 Å². The number of hydrogen-bond donors (Lipinski definition) is 2. The molecule has 1 aromatic heterocycles. The number of aromatic nitrogens is 1. The summed E-state index contributed by atoms with van der Waals surface area (Å²) in [6.45, 7) is 3.23. The van der Waals surface area contributed by atoms with Crippen molar-refractivity contribution >= 4 is 23.1 Å². The maximum atomic E-state index is 4.05. The highest BCUT2D eigenvalue weighted by Gasteiger charge is 2.11. The monoisotopic (exact) mass is 243 g/mol. The van der Waals surface area contributed by atoms with Crippen molar-refractivity contribution in [3.05, 3.63) is 16.6 Å². The summed E-state index contributed by atoms with van der Waals surface area (Å²) in [5, 5.41) is 7.00. The van der Waals surface area contributed by atoms with Crippen LogP contribution in [0.15, 0.2) is 11.7 Å². The van der Waals surface area contributed by atoms with Crippen LogP contribution in [-0.2, 0) is 6.54 Å². The molecule has 1 fully saturated rings. The second-order valence-electron chi connectivity index (χ2n) is 3.66. The molecule has 0 radical (unpaired) electrons. The number of nitrogens with zero attached hydrogens (tertiary/aromatic N) is 1. The van der Waals surface area contributed by atoms with Gasteiger partial charge in [-0.2, -0.15) is 11.8 Å². The lowest BCUT2D eigenvalue weighted by Gasteiger charge is -2.22. The first-order valence-corrected chi connectivity index (χ1v) is 7.38. The first-order chi connectivity index (χ1) is 7.45. The molecule has 0 bridgehead atoms. The number of rotatable bonds is 5. The van der Waals surface area contributed by atoms with Gasteiger partial charge in [-0.1, -0.05) is 0 Å². The van der Waals surface area contributed by atoms with E-state index in [1.54, 1.807) is 11.3 Å². The fraction of sp³-hybridized carbons (Fsp3) is 0.700. The van der Waals surface area contributed by atoms with Gasteiger partial charge in [0.2, 0.25) is 0 Å². The van der Waals surface area contributed by atoms with Crippen molar-refractivity contribution in [1.82, 2.24) is 15.6 Å². The summed E-state index contributed by atoms with van der Waals surface area (Å²) in [7, 11) is 0. The SMILES string of the molecule is c1ncc(CNCCC2CSCCN2)s1. The van der Waals surface area contributed by atoms with Gasteiger partial charge in [0.15, 0.2) is 0 Å². The normalized spacial score (nSPS) is 21.7. The zero-order valence-electron chi connectivity index (χ0n) is 8.74. The third-order valence-electron chi connectivity index (χ3n) is 2.45. The molecule has 0 aliphatic carbocycles. The van der Waals surface area contributed by atoms with Gasteiger partial charge in [-0.3, -0.25) is 4.98 Å². The summed E-state index contributed by atoms with van der Waals surface area (Å²) in [4.78, 5) is 5.37. The average Bonchev–Trinajstić information content (AvgIpc) is 2.79. The minimum Gasteiger partial charge on any atom is -0.312 e. The van der Waals surface area contributed by atoms with Crippen molar-refractivity contribution in [2.24, 2.45) is 0 Å². The standard InChI is InChI=1S/C10H17N3S2/c1(9-7-14-4-3-13-9)2-11-5-10-6-12-8-15-10/h6,8-9,11,13H,1-5,7H2. The van der Waals surface area contributed by atoms with E-state index >= 15 is 0 Å². The summed E-state index contributed by atoms with van der Waals surface area (Å²) in [5.41, 5.74) is 1.89. The van der Waals surface area contributed by atoms with E-state index in [2.05, 4.69) is 27.4 Å². The predicted octanol–water partition coefficient (Wildman–Crippen LogP) is 1.33. The van der Waals surface area contributed by atoms with Crippen LogP contribution in [0.1, 0.15) is 11.3 Å². The third-order valence-corrected chi connectivity index (χ3v) is 4.36. The molecular weight excluding hydrogens is 226 g/mol. The molecular formula is C10H17N3S2. The lowest BCUT2D eigenvalue weighted by atomic mass is 10.2. The predicted molar refractivity (Wildman–Crippen MR) is 67.6 cm³/mol. The van der Waals surface area contributed by atoms with Crippen molar-refractivity contribution in [3.63, 3.8) is 0 Å². The summed E-state index contributed by atoms with van der Waals surface area (Å²) in [5.74, 6) is 2.53. The van der Waals surface area contributed by atoms with Crippen molar-refractivity contribution in [2.75, 3.05) is 24.6 Å². The molecule has 1 aliphatic rings. The summed E-state index contributed by atoms with van der Waals surface area (Å²) in [6, 6.07) is 0.706. The second-order valence-corrected chi connectivity index (χ2v) is 5.78. The molecule has 1 aliphatic heterocycles. The quantitative estimate of drug-likeness (QED) is 0.765. The molecule has 3 nitrogen and oxygen atoms in total. The molecule has 2 rings (SSSR count). The summed E-state index contributed by atoms with van der Waals surface area (Å²) >= 11 is 3.78. The van der Waals surface area contributed by atoms with Gasteiger partial charge in [-0.05, 0) is 13.0 Å². The van der Waals surface area contributed by atoms with Gasteiger partial charge < -0.3 is 10.6 Å². The van der Waals surface area contributed by atoms with Crippen LogP contribution in [0.5, 0.6) is 0 Å². The number of thioether (sulfide) groups is 1. The topological polar surface area (TPSA) is 37.0 Å². The van der Waals surface area contributed by atoms with Crippen LogP contribution in [-0.4, -0.2) is 35.6 Å². The third kappa shape index (κ3) is 4.10. The smallest absolute Gasteiger partial charge is 0.0794 e. The lowest BCUT2D eigenvalue weighted by Crippen LogP contribution is -2.39. The highest BCUT2D eigenvalue weighted by atomic mass is 32.2. The van der Waals surface area contributed by atoms with Crippen molar-refractivity contribution in [3.8, 4) is 0 Å². The fourth-order valence-electron chi connectivity index (χ4n) is 1.62. The molecule has 0 aromatic carbocycles. The minimum absolute atomic E-state index is 0.706. The molecule has 0 saturated carbocycles. The number of nitrogens with one attached hydrogen (secondary N) is 2. The molecule has 84 valence electrons. The first-order valence-electron chi connectivity index (χ1n) is 5.34. The number of hydrogen-bond acceptors (Lipinski definition) is 5. The summed E-state index contributed by atoms with van der Waals surface area (Å²) in [6.07, 6.45) is 3.16. The molecule has 1 aromatic rings. The van der Waals surface area contributed by atoms with E-state index in [4.69, 9.17) is 0 Å². The first kappa shape index (κ1) is 11.4. The highest BCUT2D eigenvalue weighted by molar-refractivity contribution is 7.99. The molecule has 1 atom stereocenters. The van der Waals surface area contributed by atoms with Gasteiger partial charge in [0.05, 0.1) is 5.51 Å². The van der Waals surface area contributed by atoms with Gasteiger partial charge in [-0.25, -0.2) is 0 Å². The Morgan fingerprint density at radius 3 is 3.33 bits per heavy atom. The van der Waals surface area contributed by atoms with Crippen molar-refractivity contribution < 1.29 is 0 Å². The molecule has 15 heavy (non-hydrogen) atoms. The molecule has 1 unspecified atom stereocenters. The van der Waals surface area contributed by atoms with Crippen molar-refractivity contribution in [1.29, 1.82) is 0 Å². The Morgan fingerprint density at radius 2 is 2.60 bits per heavy atom. The Bertz CT molecular complexity index is 258. The average molecular weight is 243 g/mol. The zero-order chi connectivity index (χ0) is 10.3. The highest BCUT2D eigenvalue weighted by Crippen LogP contribution is 2.09. The fourth-order valence-corrected chi connectivity index (χ4v) is 3.18. The summed E-state index contributed by atoms with van der Waals surface area (Å²) < 4.78 is 0. The van der Waals surface area contributed by atoms with Crippen molar-refractivity contribution in [2.45, 2.75) is 19.0 Å². The molecule has 2 heterocycles. The zero-order valence-corrected chi connectivity index (χ0v) is 10.4. The molecule has 0 spiro atoms. The van der Waals surface area contributed by atoms with Crippen LogP contribution in [0.25, 0.3) is 0 Å². The van der Waals surface area contributed by atoms with E-state index in [0.717, 1.165) is 13.1 Å². The van der Waals surface area contributed by atoms with Crippen LogP contribution < -0.4 is 10.6 Å². The van der Waals surface area contributed by atoms with Crippen LogP contribution in [0.4, 0.5) is 0 Å². The Labute approximate surface area is 99.1 Å². The molecule has 5 heteroatoms. The molecule has 0 amide bonds. The molecule has 1 saturated heterocycles. The Morgan fingerprint density at radius 1 is 1.60 bits per heavy atom. The second kappa shape index (κ2) is 6.48. The Balaban J connectivity index is 1.54. The number of thiazole rings is 1. The van der Waals surface area contributed by atoms with E-state index in [9.17, 15) is 0 Å². The van der Waals surface area contributed by atoms with Gasteiger partial charge in [0.1, 0.15) is 0 Å². The van der Waals surface area contributed by atoms with Gasteiger partial charge >= 0.3 is 0 Å². The van der Waals surface area contributed by atoms with Gasteiger partial charge in [0, 0.05) is 41.7 Å². The lowest BCUT2D eigenvalue weighted by molar-refractivity contribution is 0.504. The maximum absolute atomic E-state index is 4.05. The van der Waals surface area contributed by atoms with Gasteiger partial charge in [-0.15, -0.1) is 11.3 Å². The minimum atomic E-state index is 0.706. The van der Waals surface area contributed by atoms with Crippen LogP contribution in [0.3, 0.4) is 0 Å². The Kier molecular flexibility index (Phi) is 4.92. The van der Waals surface area contributed by atoms with Crippen LogP contribution in [0, 0.1) is 0 Å². The van der Waals surface area contributed by atoms with E-state index < -0.39 is 0 Å². The van der Waals surface area contributed by atoms with Crippen LogP contribution >= 0.6 is 23.1 Å². The Hall–Kier alpha value is -0.100.